The van der Waals surface area contributed by atoms with Gasteiger partial charge in [0.15, 0.2) is 0 Å². The highest BCUT2D eigenvalue weighted by molar-refractivity contribution is 5.11. The lowest BCUT2D eigenvalue weighted by Gasteiger charge is -2.31. The molecule has 0 heterocycles. The van der Waals surface area contributed by atoms with Gasteiger partial charge in [-0.2, -0.15) is 0 Å². The summed E-state index contributed by atoms with van der Waals surface area (Å²) >= 11 is 0. The van der Waals surface area contributed by atoms with Crippen molar-refractivity contribution in [2.24, 2.45) is 17.3 Å². The standard InChI is InChI=1S/C11H18F2/c1-8(2)9-3-5-10(6-4-9)7-11(10,12)13/h8-9H,3-7H2,1-2H3/t9-,10-. The fourth-order valence-electron chi connectivity index (χ4n) is 2.78. The van der Waals surface area contributed by atoms with Crippen molar-refractivity contribution in [3.8, 4) is 0 Å². The molecule has 0 bridgehead atoms. The van der Waals surface area contributed by atoms with Crippen LogP contribution in [0, 0.1) is 17.3 Å². The fourth-order valence-corrected chi connectivity index (χ4v) is 2.78. The molecule has 0 amide bonds. The summed E-state index contributed by atoms with van der Waals surface area (Å²) < 4.78 is 26.0. The minimum atomic E-state index is -2.31. The van der Waals surface area contributed by atoms with Gasteiger partial charge in [0.1, 0.15) is 0 Å². The molecule has 0 aromatic carbocycles. The highest BCUT2D eigenvalue weighted by Crippen LogP contribution is 2.68. The van der Waals surface area contributed by atoms with Gasteiger partial charge in [-0.3, -0.25) is 0 Å². The first-order chi connectivity index (χ1) is 5.97. The summed E-state index contributed by atoms with van der Waals surface area (Å²) in [5.74, 6) is -0.943. The van der Waals surface area contributed by atoms with Gasteiger partial charge in [-0.15, -0.1) is 0 Å². The lowest BCUT2D eigenvalue weighted by atomic mass is 9.75. The van der Waals surface area contributed by atoms with Gasteiger partial charge < -0.3 is 0 Å². The second kappa shape index (κ2) is 2.68. The van der Waals surface area contributed by atoms with Crippen LogP contribution in [0.1, 0.15) is 46.0 Å². The van der Waals surface area contributed by atoms with Gasteiger partial charge in [-0.1, -0.05) is 13.8 Å². The van der Waals surface area contributed by atoms with E-state index in [2.05, 4.69) is 13.8 Å². The van der Waals surface area contributed by atoms with E-state index >= 15 is 0 Å². The first-order valence-electron chi connectivity index (χ1n) is 5.35. The molecule has 0 nitrogen and oxygen atoms in total. The van der Waals surface area contributed by atoms with E-state index < -0.39 is 11.3 Å². The Morgan fingerprint density at radius 3 is 1.92 bits per heavy atom. The molecule has 76 valence electrons. The Morgan fingerprint density at radius 1 is 1.15 bits per heavy atom. The first kappa shape index (κ1) is 9.42. The van der Waals surface area contributed by atoms with E-state index in [-0.39, 0.29) is 6.42 Å². The van der Waals surface area contributed by atoms with Crippen molar-refractivity contribution in [3.05, 3.63) is 0 Å². The molecule has 2 heteroatoms. The van der Waals surface area contributed by atoms with Gasteiger partial charge >= 0.3 is 0 Å². The van der Waals surface area contributed by atoms with Gasteiger partial charge in [0, 0.05) is 11.8 Å². The number of hydrogen-bond donors (Lipinski definition) is 0. The molecule has 0 unspecified atom stereocenters. The van der Waals surface area contributed by atoms with Crippen LogP contribution < -0.4 is 0 Å². The largest absolute Gasteiger partial charge is 0.254 e. The Hall–Kier alpha value is -0.140. The molecule has 13 heavy (non-hydrogen) atoms. The molecule has 0 N–H and O–H groups in total. The predicted octanol–water partition coefficient (Wildman–Crippen LogP) is 3.86. The lowest BCUT2D eigenvalue weighted by molar-refractivity contribution is 0.0364. The molecule has 0 aliphatic heterocycles. The number of hydrogen-bond acceptors (Lipinski definition) is 0. The third-order valence-corrected chi connectivity index (χ3v) is 4.14. The maximum atomic E-state index is 13.0. The smallest absolute Gasteiger partial charge is 0.206 e. The summed E-state index contributed by atoms with van der Waals surface area (Å²) in [5.41, 5.74) is -0.543. The highest BCUT2D eigenvalue weighted by atomic mass is 19.3. The molecule has 2 aliphatic rings. The van der Waals surface area contributed by atoms with Crippen LogP contribution >= 0.6 is 0 Å². The Bertz CT molecular complexity index is 200. The normalized spacial score (nSPS) is 42.7. The summed E-state index contributed by atoms with van der Waals surface area (Å²) in [6.07, 6.45) is 3.75. The van der Waals surface area contributed by atoms with Crippen molar-refractivity contribution >= 4 is 0 Å². The summed E-state index contributed by atoms with van der Waals surface area (Å²) in [4.78, 5) is 0. The predicted molar refractivity (Wildman–Crippen MR) is 48.8 cm³/mol. The van der Waals surface area contributed by atoms with E-state index in [9.17, 15) is 8.78 Å². The van der Waals surface area contributed by atoms with Gasteiger partial charge in [0.05, 0.1) is 0 Å². The van der Waals surface area contributed by atoms with Crippen LogP contribution in [0.3, 0.4) is 0 Å². The molecule has 1 spiro atoms. The Balaban J connectivity index is 1.91. The number of alkyl halides is 2. The van der Waals surface area contributed by atoms with Crippen molar-refractivity contribution in [3.63, 3.8) is 0 Å². The van der Waals surface area contributed by atoms with Gasteiger partial charge in [0.2, 0.25) is 0 Å². The van der Waals surface area contributed by atoms with Crippen LogP contribution in [0.5, 0.6) is 0 Å². The van der Waals surface area contributed by atoms with Crippen molar-refractivity contribution in [1.82, 2.24) is 0 Å². The van der Waals surface area contributed by atoms with E-state index in [1.54, 1.807) is 0 Å². The molecule has 2 rings (SSSR count). The minimum Gasteiger partial charge on any atom is -0.206 e. The Kier molecular flexibility index (Phi) is 1.94. The van der Waals surface area contributed by atoms with E-state index in [1.165, 1.54) is 0 Å². The third-order valence-electron chi connectivity index (χ3n) is 4.14. The SMILES string of the molecule is CC(C)[C@H]1CC[C@]2(CC1)CC2(F)F. The molecule has 0 atom stereocenters. The minimum absolute atomic E-state index is 0.171. The molecule has 2 saturated carbocycles. The molecule has 2 aliphatic carbocycles. The van der Waals surface area contributed by atoms with Crippen LogP contribution in [0.25, 0.3) is 0 Å². The summed E-state index contributed by atoms with van der Waals surface area (Å²) in [6, 6.07) is 0. The molecule has 0 aromatic rings. The van der Waals surface area contributed by atoms with Crippen molar-refractivity contribution < 1.29 is 8.78 Å². The monoisotopic (exact) mass is 188 g/mol. The van der Waals surface area contributed by atoms with E-state index in [1.807, 2.05) is 0 Å². The van der Waals surface area contributed by atoms with Crippen LogP contribution in [0.15, 0.2) is 0 Å². The molecule has 0 aromatic heterocycles. The second-order valence-electron chi connectivity index (χ2n) is 5.24. The van der Waals surface area contributed by atoms with Gasteiger partial charge in [-0.25, -0.2) is 8.78 Å². The van der Waals surface area contributed by atoms with Crippen LogP contribution in [0.2, 0.25) is 0 Å². The van der Waals surface area contributed by atoms with Crippen molar-refractivity contribution in [2.75, 3.05) is 0 Å². The highest BCUT2D eigenvalue weighted by Gasteiger charge is 2.70. The van der Waals surface area contributed by atoms with E-state index in [4.69, 9.17) is 0 Å². The maximum Gasteiger partial charge on any atom is 0.254 e. The van der Waals surface area contributed by atoms with Gasteiger partial charge in [0.25, 0.3) is 5.92 Å². The summed E-state index contributed by atoms with van der Waals surface area (Å²) in [5, 5.41) is 0. The fraction of sp³-hybridized carbons (Fsp3) is 1.00. The van der Waals surface area contributed by atoms with E-state index in [0.717, 1.165) is 25.7 Å². The van der Waals surface area contributed by atoms with Crippen LogP contribution in [0.4, 0.5) is 8.78 Å². The second-order valence-corrected chi connectivity index (χ2v) is 5.24. The van der Waals surface area contributed by atoms with E-state index in [0.29, 0.717) is 11.8 Å². The summed E-state index contributed by atoms with van der Waals surface area (Å²) in [7, 11) is 0. The van der Waals surface area contributed by atoms with Crippen LogP contribution in [-0.4, -0.2) is 5.92 Å². The summed E-state index contributed by atoms with van der Waals surface area (Å²) in [6.45, 7) is 4.40. The van der Waals surface area contributed by atoms with Crippen molar-refractivity contribution in [2.45, 2.75) is 51.9 Å². The average Bonchev–Trinajstić information content (AvgIpc) is 2.53. The zero-order valence-electron chi connectivity index (χ0n) is 8.45. The quantitative estimate of drug-likeness (QED) is 0.586. The molecular formula is C11H18F2. The maximum absolute atomic E-state index is 13.0. The van der Waals surface area contributed by atoms with Gasteiger partial charge in [-0.05, 0) is 37.5 Å². The molecule has 2 fully saturated rings. The Labute approximate surface area is 78.7 Å². The van der Waals surface area contributed by atoms with Crippen molar-refractivity contribution in [1.29, 1.82) is 0 Å². The molecule has 0 saturated heterocycles. The average molecular weight is 188 g/mol. The Morgan fingerprint density at radius 2 is 1.62 bits per heavy atom. The number of halogens is 2. The number of rotatable bonds is 1. The zero-order chi connectivity index (χ0) is 9.69. The lowest BCUT2D eigenvalue weighted by Crippen LogP contribution is -2.23. The molecule has 0 radical (unpaired) electrons. The third kappa shape index (κ3) is 1.38. The topological polar surface area (TPSA) is 0 Å². The first-order valence-corrected chi connectivity index (χ1v) is 5.35. The molecular weight excluding hydrogens is 170 g/mol. The van der Waals surface area contributed by atoms with Crippen LogP contribution in [-0.2, 0) is 0 Å². The zero-order valence-corrected chi connectivity index (χ0v) is 8.45.